The summed E-state index contributed by atoms with van der Waals surface area (Å²) in [4.78, 5) is 15.2. The molecule has 0 spiro atoms. The van der Waals surface area contributed by atoms with E-state index in [1.54, 1.807) is 0 Å². The van der Waals surface area contributed by atoms with Crippen LogP contribution in [0.3, 0.4) is 0 Å². The molecule has 4 rings (SSSR count). The maximum absolute atomic E-state index is 12.8. The van der Waals surface area contributed by atoms with Gasteiger partial charge in [0.2, 0.25) is 14.9 Å². The van der Waals surface area contributed by atoms with E-state index < -0.39 is 15.7 Å². The first-order chi connectivity index (χ1) is 15.3. The van der Waals surface area contributed by atoms with E-state index in [1.807, 2.05) is 6.92 Å². The number of furan rings is 1. The summed E-state index contributed by atoms with van der Waals surface area (Å²) in [5, 5.41) is 3.07. The van der Waals surface area contributed by atoms with E-state index in [4.69, 9.17) is 16.0 Å². The summed E-state index contributed by atoms with van der Waals surface area (Å²) >= 11 is 5.84. The Kier molecular flexibility index (Phi) is 6.69. The first kappa shape index (κ1) is 22.6. The topological polar surface area (TPSA) is 79.6 Å². The second kappa shape index (κ2) is 9.48. The van der Waals surface area contributed by atoms with Crippen LogP contribution in [0, 0.1) is 6.92 Å². The van der Waals surface area contributed by atoms with E-state index in [0.29, 0.717) is 11.6 Å². The summed E-state index contributed by atoms with van der Waals surface area (Å²) in [6.45, 7) is 4.42. The highest BCUT2D eigenvalue weighted by Gasteiger charge is 2.26. The van der Waals surface area contributed by atoms with Crippen LogP contribution in [0.25, 0.3) is 0 Å². The first-order valence-electron chi connectivity index (χ1n) is 10.5. The smallest absolute Gasteiger partial charge is 0.287 e. The zero-order valence-corrected chi connectivity index (χ0v) is 19.3. The van der Waals surface area contributed by atoms with Gasteiger partial charge in [-0.1, -0.05) is 41.4 Å². The molecule has 1 aliphatic rings. The molecule has 1 fully saturated rings. The molecule has 0 radical (unpaired) electrons. The molecule has 1 unspecified atom stereocenters. The lowest BCUT2D eigenvalue weighted by Gasteiger charge is -2.28. The van der Waals surface area contributed by atoms with Gasteiger partial charge in [-0.15, -0.1) is 0 Å². The quantitative estimate of drug-likeness (QED) is 0.541. The van der Waals surface area contributed by atoms with E-state index in [1.165, 1.54) is 42.0 Å². The van der Waals surface area contributed by atoms with Crippen LogP contribution in [0.15, 0.2) is 75.1 Å². The van der Waals surface area contributed by atoms with Crippen molar-refractivity contribution in [1.29, 1.82) is 0 Å². The number of amides is 1. The number of rotatable bonds is 7. The highest BCUT2D eigenvalue weighted by atomic mass is 35.5. The minimum Gasteiger partial charge on any atom is -0.439 e. The lowest BCUT2D eigenvalue weighted by Crippen LogP contribution is -2.36. The monoisotopic (exact) mass is 472 g/mol. The van der Waals surface area contributed by atoms with Crippen LogP contribution in [0.5, 0.6) is 0 Å². The number of sulfone groups is 1. The number of hydrogen-bond acceptors (Lipinski definition) is 5. The normalized spacial score (nSPS) is 15.6. The van der Waals surface area contributed by atoms with Crippen molar-refractivity contribution < 1.29 is 17.6 Å². The summed E-state index contributed by atoms with van der Waals surface area (Å²) in [5.74, 6) is -0.486. The van der Waals surface area contributed by atoms with Gasteiger partial charge in [0, 0.05) is 11.6 Å². The molecule has 0 bridgehead atoms. The van der Waals surface area contributed by atoms with Crippen molar-refractivity contribution in [2.45, 2.75) is 35.8 Å². The Balaban J connectivity index is 1.48. The van der Waals surface area contributed by atoms with Gasteiger partial charge in [-0.2, -0.15) is 0 Å². The van der Waals surface area contributed by atoms with Gasteiger partial charge in [-0.3, -0.25) is 9.69 Å². The Morgan fingerprint density at radius 2 is 1.69 bits per heavy atom. The van der Waals surface area contributed by atoms with Crippen LogP contribution in [0.2, 0.25) is 5.02 Å². The molecule has 3 aromatic rings. The molecular formula is C24H25ClN2O4S. The lowest BCUT2D eigenvalue weighted by molar-refractivity contribution is 0.0905. The van der Waals surface area contributed by atoms with Crippen LogP contribution >= 0.6 is 11.6 Å². The van der Waals surface area contributed by atoms with Crippen LogP contribution in [0.4, 0.5) is 0 Å². The average Bonchev–Trinajstić information content (AvgIpc) is 3.48. The highest BCUT2D eigenvalue weighted by molar-refractivity contribution is 7.91. The maximum Gasteiger partial charge on any atom is 0.287 e. The Morgan fingerprint density at radius 3 is 2.34 bits per heavy atom. The molecule has 0 aliphatic carbocycles. The van der Waals surface area contributed by atoms with Crippen LogP contribution in [-0.2, 0) is 9.84 Å². The molecule has 1 saturated heterocycles. The van der Waals surface area contributed by atoms with E-state index in [2.05, 4.69) is 34.5 Å². The number of likely N-dealkylation sites (tertiary alicyclic amines) is 1. The molecule has 8 heteroatoms. The predicted molar refractivity (Wildman–Crippen MR) is 123 cm³/mol. The van der Waals surface area contributed by atoms with Gasteiger partial charge in [0.05, 0.1) is 10.9 Å². The van der Waals surface area contributed by atoms with Crippen molar-refractivity contribution in [3.8, 4) is 0 Å². The number of hydrogen-bond donors (Lipinski definition) is 1. The largest absolute Gasteiger partial charge is 0.439 e. The number of halogens is 1. The molecule has 168 valence electrons. The first-order valence-corrected chi connectivity index (χ1v) is 12.4. The molecule has 1 N–H and O–H groups in total. The van der Waals surface area contributed by atoms with E-state index >= 15 is 0 Å². The number of carbonyl (C=O) groups is 1. The van der Waals surface area contributed by atoms with Gasteiger partial charge in [0.15, 0.2) is 5.76 Å². The van der Waals surface area contributed by atoms with Crippen molar-refractivity contribution >= 4 is 27.3 Å². The third kappa shape index (κ3) is 4.90. The molecule has 0 saturated carbocycles. The number of nitrogens with one attached hydrogen (secondary N) is 1. The van der Waals surface area contributed by atoms with E-state index in [9.17, 15) is 13.2 Å². The van der Waals surface area contributed by atoms with Gasteiger partial charge in [-0.25, -0.2) is 8.42 Å². The summed E-state index contributed by atoms with van der Waals surface area (Å²) < 4.78 is 30.9. The fraction of sp³-hybridized carbons (Fsp3) is 0.292. The second-order valence-corrected chi connectivity index (χ2v) is 10.3. The fourth-order valence-electron chi connectivity index (χ4n) is 3.89. The van der Waals surface area contributed by atoms with Crippen molar-refractivity contribution in [1.82, 2.24) is 10.2 Å². The van der Waals surface area contributed by atoms with Crippen LogP contribution in [0.1, 0.15) is 40.6 Å². The minimum absolute atomic E-state index is 0.0402. The van der Waals surface area contributed by atoms with Gasteiger partial charge < -0.3 is 9.73 Å². The molecule has 6 nitrogen and oxygen atoms in total. The van der Waals surface area contributed by atoms with Gasteiger partial charge in [0.1, 0.15) is 0 Å². The zero-order chi connectivity index (χ0) is 22.7. The molecule has 2 heterocycles. The van der Waals surface area contributed by atoms with E-state index in [-0.39, 0.29) is 21.8 Å². The SMILES string of the molecule is Cc1ccc(C(CNC(=O)c2ccc(S(=O)(=O)c3ccc(Cl)cc3)o2)N2CCCC2)cc1. The zero-order valence-electron chi connectivity index (χ0n) is 17.8. The van der Waals surface area contributed by atoms with Crippen molar-refractivity contribution in [3.63, 3.8) is 0 Å². The van der Waals surface area contributed by atoms with Crippen LogP contribution in [-0.4, -0.2) is 38.9 Å². The minimum atomic E-state index is -3.87. The highest BCUT2D eigenvalue weighted by Crippen LogP contribution is 2.26. The molecule has 1 aliphatic heterocycles. The second-order valence-electron chi connectivity index (χ2n) is 7.96. The molecule has 2 aromatic carbocycles. The van der Waals surface area contributed by atoms with Crippen molar-refractivity contribution in [2.75, 3.05) is 19.6 Å². The number of benzene rings is 2. The maximum atomic E-state index is 12.8. The number of aryl methyl sites for hydroxylation is 1. The van der Waals surface area contributed by atoms with Gasteiger partial charge in [0.25, 0.3) is 5.91 Å². The Morgan fingerprint density at radius 1 is 1.03 bits per heavy atom. The lowest BCUT2D eigenvalue weighted by atomic mass is 10.0. The molecular weight excluding hydrogens is 448 g/mol. The Labute approximate surface area is 193 Å². The summed E-state index contributed by atoms with van der Waals surface area (Å²) in [7, 11) is -3.87. The standard InChI is InChI=1S/C24H25ClN2O4S/c1-17-4-6-18(7-5-17)21(27-14-2-3-15-27)16-26-24(28)22-12-13-23(31-22)32(29,30)20-10-8-19(25)9-11-20/h4-13,21H,2-3,14-16H2,1H3,(H,26,28). The van der Waals surface area contributed by atoms with E-state index in [0.717, 1.165) is 31.5 Å². The number of carbonyl (C=O) groups excluding carboxylic acids is 1. The molecule has 1 aromatic heterocycles. The Hall–Kier alpha value is -2.61. The average molecular weight is 473 g/mol. The summed E-state index contributed by atoms with van der Waals surface area (Å²) in [5.41, 5.74) is 2.33. The molecule has 1 atom stereocenters. The predicted octanol–water partition coefficient (Wildman–Crippen LogP) is 4.64. The summed E-state index contributed by atoms with van der Waals surface area (Å²) in [6, 6.07) is 16.9. The fourth-order valence-corrected chi connectivity index (χ4v) is 5.19. The van der Waals surface area contributed by atoms with Gasteiger partial charge in [-0.05, 0) is 74.8 Å². The van der Waals surface area contributed by atoms with Crippen LogP contribution < -0.4 is 5.32 Å². The summed E-state index contributed by atoms with van der Waals surface area (Å²) in [6.07, 6.45) is 2.28. The molecule has 1 amide bonds. The van der Waals surface area contributed by atoms with Crippen molar-refractivity contribution in [3.05, 3.63) is 82.6 Å². The Bertz CT molecular complexity index is 1180. The number of nitrogens with zero attached hydrogens (tertiary/aromatic N) is 1. The third-order valence-corrected chi connectivity index (χ3v) is 7.59. The van der Waals surface area contributed by atoms with Crippen molar-refractivity contribution in [2.24, 2.45) is 0 Å². The van der Waals surface area contributed by atoms with Gasteiger partial charge >= 0.3 is 0 Å². The molecule has 32 heavy (non-hydrogen) atoms. The third-order valence-electron chi connectivity index (χ3n) is 5.69.